The molecule has 0 bridgehead atoms. The number of unbranched alkanes of at least 4 members (excludes halogenated alkanes) is 12. The van der Waals surface area contributed by atoms with Crippen LogP contribution in [0.5, 0.6) is 0 Å². The van der Waals surface area contributed by atoms with Gasteiger partial charge in [-0.15, -0.1) is 0 Å². The molecule has 0 aliphatic carbocycles. The Bertz CT molecular complexity index is 299. The van der Waals surface area contributed by atoms with E-state index in [1.807, 2.05) is 0 Å². The number of carboxylic acids is 1. The van der Waals surface area contributed by atoms with Gasteiger partial charge in [0.25, 0.3) is 0 Å². The van der Waals surface area contributed by atoms with Crippen LogP contribution >= 0.6 is 0 Å². The zero-order chi connectivity index (χ0) is 17.3. The second kappa shape index (κ2) is 16.0. The third-order valence-corrected chi connectivity index (χ3v) is 4.56. The molecule has 0 aromatic rings. The summed E-state index contributed by atoms with van der Waals surface area (Å²) in [5.74, 6) is -1.10. The van der Waals surface area contributed by atoms with Crippen molar-refractivity contribution in [2.24, 2.45) is 5.92 Å². The molecule has 0 rings (SSSR count). The average molecular weight is 327 g/mol. The molecule has 0 aromatic carbocycles. The number of aliphatic carboxylic acids is 1. The molecule has 0 aromatic heterocycles. The van der Waals surface area contributed by atoms with Crippen LogP contribution in [0.15, 0.2) is 0 Å². The monoisotopic (exact) mass is 326 g/mol. The molecule has 0 heterocycles. The van der Waals surface area contributed by atoms with Crippen LogP contribution in [0.4, 0.5) is 0 Å². The number of rotatable bonds is 17. The number of carbonyl (C=O) groups is 2. The molecule has 3 nitrogen and oxygen atoms in total. The summed E-state index contributed by atoms with van der Waals surface area (Å²) < 4.78 is 0. The van der Waals surface area contributed by atoms with E-state index in [0.29, 0.717) is 6.42 Å². The third kappa shape index (κ3) is 15.8. The van der Waals surface area contributed by atoms with Crippen LogP contribution in [-0.4, -0.2) is 16.9 Å². The van der Waals surface area contributed by atoms with Gasteiger partial charge in [-0.1, -0.05) is 90.9 Å². The fraction of sp³-hybridized carbons (Fsp3) is 0.900. The van der Waals surface area contributed by atoms with Gasteiger partial charge in [0.05, 0.1) is 6.42 Å². The standard InChI is InChI=1S/C20H38O3/c1-3-4-5-6-7-8-9-10-11-12-13-14-15-16-19(21)18(2)17-20(22)23/h18H,3-17H2,1-2H3,(H,22,23)/t18-/m1/s1. The molecule has 0 saturated heterocycles. The molecule has 23 heavy (non-hydrogen) atoms. The highest BCUT2D eigenvalue weighted by Crippen LogP contribution is 2.14. The van der Waals surface area contributed by atoms with Gasteiger partial charge in [-0.25, -0.2) is 0 Å². The van der Waals surface area contributed by atoms with E-state index in [-0.39, 0.29) is 18.1 Å². The summed E-state index contributed by atoms with van der Waals surface area (Å²) in [6.45, 7) is 3.98. The highest BCUT2D eigenvalue weighted by Gasteiger charge is 2.15. The van der Waals surface area contributed by atoms with Gasteiger partial charge in [0.2, 0.25) is 0 Å². The van der Waals surface area contributed by atoms with Crippen LogP contribution in [-0.2, 0) is 9.59 Å². The lowest BCUT2D eigenvalue weighted by Gasteiger charge is -2.07. The number of carboxylic acid groups (broad SMARTS) is 1. The second-order valence-electron chi connectivity index (χ2n) is 6.96. The molecule has 0 aliphatic rings. The Labute approximate surface area is 143 Å². The summed E-state index contributed by atoms with van der Waals surface area (Å²) in [5.41, 5.74) is 0. The number of carbonyl (C=O) groups excluding carboxylic acids is 1. The second-order valence-corrected chi connectivity index (χ2v) is 6.96. The largest absolute Gasteiger partial charge is 0.481 e. The van der Waals surface area contributed by atoms with E-state index in [1.54, 1.807) is 6.92 Å². The van der Waals surface area contributed by atoms with Crippen LogP contribution in [0.3, 0.4) is 0 Å². The Morgan fingerprint density at radius 2 is 1.13 bits per heavy atom. The van der Waals surface area contributed by atoms with E-state index in [4.69, 9.17) is 5.11 Å². The minimum Gasteiger partial charge on any atom is -0.481 e. The van der Waals surface area contributed by atoms with Crippen molar-refractivity contribution in [1.82, 2.24) is 0 Å². The van der Waals surface area contributed by atoms with Gasteiger partial charge in [0.1, 0.15) is 5.78 Å². The van der Waals surface area contributed by atoms with Crippen LogP contribution < -0.4 is 0 Å². The molecule has 1 N–H and O–H groups in total. The Kier molecular flexibility index (Phi) is 15.4. The minimum absolute atomic E-state index is 0.0305. The van der Waals surface area contributed by atoms with Crippen LogP contribution in [0, 0.1) is 5.92 Å². The molecule has 3 heteroatoms. The number of hydrogen-bond acceptors (Lipinski definition) is 2. The lowest BCUT2D eigenvalue weighted by atomic mass is 9.97. The SMILES string of the molecule is CCCCCCCCCCCCCCCC(=O)[C@H](C)CC(=O)O. The molecule has 0 aliphatic heterocycles. The van der Waals surface area contributed by atoms with Gasteiger partial charge in [0.15, 0.2) is 0 Å². The molecule has 0 amide bonds. The lowest BCUT2D eigenvalue weighted by molar-refractivity contribution is -0.140. The lowest BCUT2D eigenvalue weighted by Crippen LogP contribution is -2.14. The molecule has 136 valence electrons. The zero-order valence-corrected chi connectivity index (χ0v) is 15.4. The maximum Gasteiger partial charge on any atom is 0.304 e. The van der Waals surface area contributed by atoms with E-state index in [1.165, 1.54) is 70.6 Å². The smallest absolute Gasteiger partial charge is 0.304 e. The Balaban J connectivity index is 3.24. The summed E-state index contributed by atoms with van der Waals surface area (Å²) in [6, 6.07) is 0. The van der Waals surface area contributed by atoms with Crippen LogP contribution in [0.1, 0.15) is 110 Å². The molecule has 0 radical (unpaired) electrons. The Hall–Kier alpha value is -0.860. The number of ketones is 1. The predicted molar refractivity (Wildman–Crippen MR) is 96.7 cm³/mol. The van der Waals surface area contributed by atoms with Gasteiger partial charge in [-0.3, -0.25) is 9.59 Å². The quantitative estimate of drug-likeness (QED) is 0.326. The molecule has 0 fully saturated rings. The first-order valence-corrected chi connectivity index (χ1v) is 9.82. The molecule has 0 unspecified atom stereocenters. The van der Waals surface area contributed by atoms with E-state index in [2.05, 4.69) is 6.92 Å². The van der Waals surface area contributed by atoms with E-state index in [0.717, 1.165) is 12.8 Å². The van der Waals surface area contributed by atoms with Crippen molar-refractivity contribution in [2.75, 3.05) is 0 Å². The maximum absolute atomic E-state index is 11.7. The van der Waals surface area contributed by atoms with Crippen LogP contribution in [0.2, 0.25) is 0 Å². The highest BCUT2D eigenvalue weighted by molar-refractivity contribution is 5.84. The van der Waals surface area contributed by atoms with Gasteiger partial charge in [0, 0.05) is 12.3 Å². The first-order chi connectivity index (χ1) is 11.1. The first kappa shape index (κ1) is 22.1. The third-order valence-electron chi connectivity index (χ3n) is 4.56. The summed E-state index contributed by atoms with van der Waals surface area (Å²) in [4.78, 5) is 22.3. The Morgan fingerprint density at radius 1 is 0.739 bits per heavy atom. The maximum atomic E-state index is 11.7. The Morgan fingerprint density at radius 3 is 1.52 bits per heavy atom. The van der Waals surface area contributed by atoms with Gasteiger partial charge in [-0.05, 0) is 6.42 Å². The molecule has 0 saturated carbocycles. The molecular formula is C20H38O3. The van der Waals surface area contributed by atoms with Crippen molar-refractivity contribution < 1.29 is 14.7 Å². The molecule has 0 spiro atoms. The fourth-order valence-electron chi connectivity index (χ4n) is 2.94. The van der Waals surface area contributed by atoms with Gasteiger partial charge < -0.3 is 5.11 Å². The summed E-state index contributed by atoms with van der Waals surface area (Å²) >= 11 is 0. The highest BCUT2D eigenvalue weighted by atomic mass is 16.4. The van der Waals surface area contributed by atoms with Crippen LogP contribution in [0.25, 0.3) is 0 Å². The predicted octanol–water partition coefficient (Wildman–Crippen LogP) is 6.15. The van der Waals surface area contributed by atoms with E-state index in [9.17, 15) is 9.59 Å². The summed E-state index contributed by atoms with van der Waals surface area (Å²) in [5, 5.41) is 8.66. The minimum atomic E-state index is -0.879. The summed E-state index contributed by atoms with van der Waals surface area (Å²) in [6.07, 6.45) is 17.4. The number of hydrogen-bond donors (Lipinski definition) is 1. The first-order valence-electron chi connectivity index (χ1n) is 9.82. The molecular weight excluding hydrogens is 288 g/mol. The average Bonchev–Trinajstić information content (AvgIpc) is 2.51. The van der Waals surface area contributed by atoms with E-state index >= 15 is 0 Å². The van der Waals surface area contributed by atoms with Crippen molar-refractivity contribution in [3.8, 4) is 0 Å². The summed E-state index contributed by atoms with van der Waals surface area (Å²) in [7, 11) is 0. The van der Waals surface area contributed by atoms with Crippen molar-refractivity contribution >= 4 is 11.8 Å². The van der Waals surface area contributed by atoms with E-state index < -0.39 is 5.97 Å². The molecule has 1 atom stereocenters. The van der Waals surface area contributed by atoms with Crippen molar-refractivity contribution in [2.45, 2.75) is 110 Å². The number of Topliss-reactive ketones (excluding diaryl/α,β-unsaturated/α-hetero) is 1. The fourth-order valence-corrected chi connectivity index (χ4v) is 2.94. The van der Waals surface area contributed by atoms with Crippen molar-refractivity contribution in [3.63, 3.8) is 0 Å². The normalized spacial score (nSPS) is 12.3. The van der Waals surface area contributed by atoms with Gasteiger partial charge >= 0.3 is 5.97 Å². The van der Waals surface area contributed by atoms with Gasteiger partial charge in [-0.2, -0.15) is 0 Å². The topological polar surface area (TPSA) is 54.4 Å². The zero-order valence-electron chi connectivity index (χ0n) is 15.4. The van der Waals surface area contributed by atoms with Crippen molar-refractivity contribution in [1.29, 1.82) is 0 Å². The van der Waals surface area contributed by atoms with Crippen molar-refractivity contribution in [3.05, 3.63) is 0 Å².